The van der Waals surface area contributed by atoms with E-state index >= 15 is 0 Å². The standard InChI is InChI=1S/C19H19NOS/c1-12-9-16(10-13(2)14(12)3)19-11-18(20-22-19)15-5-7-17(21-4)8-6-15/h5-11H,1-4H3. The lowest BCUT2D eigenvalue weighted by Gasteiger charge is -2.07. The number of ether oxygens (including phenoxy) is 1. The minimum Gasteiger partial charge on any atom is -0.497 e. The molecule has 0 bridgehead atoms. The van der Waals surface area contributed by atoms with Gasteiger partial charge >= 0.3 is 0 Å². The number of nitrogens with zero attached hydrogens (tertiary/aromatic N) is 1. The van der Waals surface area contributed by atoms with E-state index in [2.05, 4.69) is 43.3 Å². The lowest BCUT2D eigenvalue weighted by Crippen LogP contribution is -1.87. The third kappa shape index (κ3) is 2.77. The Morgan fingerprint density at radius 3 is 2.09 bits per heavy atom. The van der Waals surface area contributed by atoms with Crippen molar-refractivity contribution < 1.29 is 4.74 Å². The molecule has 112 valence electrons. The van der Waals surface area contributed by atoms with Crippen molar-refractivity contribution in [3.63, 3.8) is 0 Å². The van der Waals surface area contributed by atoms with Gasteiger partial charge in [0.25, 0.3) is 0 Å². The van der Waals surface area contributed by atoms with Crippen LogP contribution in [0, 0.1) is 20.8 Å². The van der Waals surface area contributed by atoms with Crippen molar-refractivity contribution in [2.24, 2.45) is 0 Å². The highest BCUT2D eigenvalue weighted by atomic mass is 32.1. The van der Waals surface area contributed by atoms with Gasteiger partial charge in [0.1, 0.15) is 5.75 Å². The van der Waals surface area contributed by atoms with Gasteiger partial charge in [0.05, 0.1) is 17.7 Å². The number of aryl methyl sites for hydroxylation is 2. The fourth-order valence-corrected chi connectivity index (χ4v) is 3.23. The Morgan fingerprint density at radius 2 is 1.50 bits per heavy atom. The Morgan fingerprint density at radius 1 is 0.864 bits per heavy atom. The maximum absolute atomic E-state index is 5.20. The van der Waals surface area contributed by atoms with Crippen molar-refractivity contribution in [1.29, 1.82) is 0 Å². The van der Waals surface area contributed by atoms with Gasteiger partial charge in [-0.15, -0.1) is 0 Å². The molecule has 0 aliphatic heterocycles. The van der Waals surface area contributed by atoms with E-state index in [0.717, 1.165) is 17.0 Å². The molecule has 3 heteroatoms. The van der Waals surface area contributed by atoms with Gasteiger partial charge in [-0.25, -0.2) is 0 Å². The average molecular weight is 309 g/mol. The number of aromatic nitrogens is 1. The monoisotopic (exact) mass is 309 g/mol. The highest BCUT2D eigenvalue weighted by molar-refractivity contribution is 7.09. The van der Waals surface area contributed by atoms with Crippen LogP contribution in [0.4, 0.5) is 0 Å². The molecule has 0 amide bonds. The Labute approximate surface area is 135 Å². The van der Waals surface area contributed by atoms with E-state index in [9.17, 15) is 0 Å². The van der Waals surface area contributed by atoms with Crippen LogP contribution in [0.3, 0.4) is 0 Å². The van der Waals surface area contributed by atoms with Crippen LogP contribution in [0.2, 0.25) is 0 Å². The van der Waals surface area contributed by atoms with Gasteiger partial charge in [-0.1, -0.05) is 12.1 Å². The summed E-state index contributed by atoms with van der Waals surface area (Å²) in [6, 6.07) is 14.7. The van der Waals surface area contributed by atoms with Crippen molar-refractivity contribution >= 4 is 11.5 Å². The van der Waals surface area contributed by atoms with E-state index in [1.54, 1.807) is 18.6 Å². The zero-order valence-electron chi connectivity index (χ0n) is 13.3. The topological polar surface area (TPSA) is 22.1 Å². The molecule has 1 aromatic heterocycles. The molecule has 0 saturated heterocycles. The van der Waals surface area contributed by atoms with Crippen LogP contribution in [0.15, 0.2) is 42.5 Å². The SMILES string of the molecule is COc1ccc(-c2cc(-c3cc(C)c(C)c(C)c3)sn2)cc1. The second-order valence-electron chi connectivity index (χ2n) is 5.54. The number of methoxy groups -OCH3 is 1. The van der Waals surface area contributed by atoms with E-state index < -0.39 is 0 Å². The smallest absolute Gasteiger partial charge is 0.118 e. The molecule has 3 rings (SSSR count). The number of hydrogen-bond donors (Lipinski definition) is 0. The summed E-state index contributed by atoms with van der Waals surface area (Å²) in [4.78, 5) is 1.21. The van der Waals surface area contributed by atoms with Crippen molar-refractivity contribution in [3.05, 3.63) is 59.2 Å². The van der Waals surface area contributed by atoms with Gasteiger partial charge < -0.3 is 4.74 Å². The first kappa shape index (κ1) is 14.8. The summed E-state index contributed by atoms with van der Waals surface area (Å²) in [7, 11) is 1.68. The predicted molar refractivity (Wildman–Crippen MR) is 93.7 cm³/mol. The fourth-order valence-electron chi connectivity index (χ4n) is 2.49. The number of rotatable bonds is 3. The Hall–Kier alpha value is -2.13. The lowest BCUT2D eigenvalue weighted by atomic mass is 9.99. The summed E-state index contributed by atoms with van der Waals surface area (Å²) >= 11 is 1.55. The van der Waals surface area contributed by atoms with E-state index in [1.165, 1.54) is 27.1 Å². The minimum atomic E-state index is 0.865. The Balaban J connectivity index is 1.96. The largest absolute Gasteiger partial charge is 0.497 e. The molecule has 2 aromatic carbocycles. The molecule has 0 aliphatic rings. The Bertz CT molecular complexity index is 780. The highest BCUT2D eigenvalue weighted by Crippen LogP contribution is 2.32. The van der Waals surface area contributed by atoms with E-state index in [0.29, 0.717) is 0 Å². The molecule has 0 fully saturated rings. The summed E-state index contributed by atoms with van der Waals surface area (Å²) in [5, 5.41) is 0. The predicted octanol–water partition coefficient (Wildman–Crippen LogP) is 5.41. The number of hydrogen-bond acceptors (Lipinski definition) is 3. The fraction of sp³-hybridized carbons (Fsp3) is 0.211. The molecule has 22 heavy (non-hydrogen) atoms. The van der Waals surface area contributed by atoms with Crippen LogP contribution in [-0.4, -0.2) is 11.5 Å². The van der Waals surface area contributed by atoms with Crippen LogP contribution < -0.4 is 4.74 Å². The molecule has 0 saturated carbocycles. The maximum atomic E-state index is 5.20. The number of benzene rings is 2. The Kier molecular flexibility index (Phi) is 3.99. The first-order valence-electron chi connectivity index (χ1n) is 7.28. The molecular weight excluding hydrogens is 290 g/mol. The second-order valence-corrected chi connectivity index (χ2v) is 6.34. The molecule has 0 unspecified atom stereocenters. The molecule has 0 radical (unpaired) electrons. The van der Waals surface area contributed by atoms with Crippen molar-refractivity contribution in [1.82, 2.24) is 4.37 Å². The van der Waals surface area contributed by atoms with Gasteiger partial charge in [0.15, 0.2) is 0 Å². The summed E-state index contributed by atoms with van der Waals surface area (Å²) in [6.45, 7) is 6.50. The van der Waals surface area contributed by atoms with E-state index in [4.69, 9.17) is 4.74 Å². The summed E-state index contributed by atoms with van der Waals surface area (Å²) in [5.41, 5.74) is 7.40. The van der Waals surface area contributed by atoms with Crippen LogP contribution in [0.1, 0.15) is 16.7 Å². The van der Waals surface area contributed by atoms with Gasteiger partial charge in [-0.2, -0.15) is 4.37 Å². The molecule has 0 spiro atoms. The molecular formula is C19H19NOS. The third-order valence-electron chi connectivity index (χ3n) is 4.11. The first-order valence-corrected chi connectivity index (χ1v) is 8.05. The molecule has 3 aromatic rings. The third-order valence-corrected chi connectivity index (χ3v) is 4.95. The first-order chi connectivity index (χ1) is 10.6. The van der Waals surface area contributed by atoms with Crippen LogP contribution in [-0.2, 0) is 0 Å². The van der Waals surface area contributed by atoms with Gasteiger partial charge in [0.2, 0.25) is 0 Å². The summed E-state index contributed by atoms with van der Waals surface area (Å²) in [6.07, 6.45) is 0. The van der Waals surface area contributed by atoms with Crippen LogP contribution >= 0.6 is 11.5 Å². The van der Waals surface area contributed by atoms with Crippen LogP contribution in [0.25, 0.3) is 21.7 Å². The molecule has 2 nitrogen and oxygen atoms in total. The second kappa shape index (κ2) is 5.93. The molecule has 0 atom stereocenters. The molecule has 0 N–H and O–H groups in total. The quantitative estimate of drug-likeness (QED) is 0.645. The minimum absolute atomic E-state index is 0.865. The highest BCUT2D eigenvalue weighted by Gasteiger charge is 2.09. The van der Waals surface area contributed by atoms with Gasteiger partial charge in [-0.05, 0) is 84.9 Å². The van der Waals surface area contributed by atoms with Crippen molar-refractivity contribution in [2.75, 3.05) is 7.11 Å². The van der Waals surface area contributed by atoms with E-state index in [1.807, 2.05) is 24.3 Å². The van der Waals surface area contributed by atoms with Crippen molar-refractivity contribution in [2.45, 2.75) is 20.8 Å². The average Bonchev–Trinajstić information content (AvgIpc) is 3.02. The zero-order valence-corrected chi connectivity index (χ0v) is 14.1. The van der Waals surface area contributed by atoms with Crippen LogP contribution in [0.5, 0.6) is 5.75 Å². The molecule has 1 heterocycles. The zero-order chi connectivity index (χ0) is 15.7. The van der Waals surface area contributed by atoms with E-state index in [-0.39, 0.29) is 0 Å². The summed E-state index contributed by atoms with van der Waals surface area (Å²) in [5.74, 6) is 0.865. The van der Waals surface area contributed by atoms with Gasteiger partial charge in [0, 0.05) is 5.56 Å². The molecule has 0 aliphatic carbocycles. The lowest BCUT2D eigenvalue weighted by molar-refractivity contribution is 0.415. The summed E-state index contributed by atoms with van der Waals surface area (Å²) < 4.78 is 9.80. The normalized spacial score (nSPS) is 10.7. The van der Waals surface area contributed by atoms with Gasteiger partial charge in [-0.3, -0.25) is 0 Å². The maximum Gasteiger partial charge on any atom is 0.118 e. The van der Waals surface area contributed by atoms with Crippen molar-refractivity contribution in [3.8, 4) is 27.4 Å².